The van der Waals surface area contributed by atoms with Crippen molar-refractivity contribution in [2.24, 2.45) is 0 Å². The average molecular weight is 350 g/mol. The minimum Gasteiger partial charge on any atom is -0.497 e. The van der Waals surface area contributed by atoms with Crippen LogP contribution in [0.1, 0.15) is 5.76 Å². The molecule has 9 heteroatoms. The lowest BCUT2D eigenvalue weighted by atomic mass is 10.2. The van der Waals surface area contributed by atoms with Gasteiger partial charge in [-0.3, -0.25) is 4.79 Å². The van der Waals surface area contributed by atoms with Crippen molar-refractivity contribution in [1.82, 2.24) is 5.16 Å². The average Bonchev–Trinajstić information content (AvgIpc) is 3.03. The zero-order chi connectivity index (χ0) is 18.2. The molecule has 0 aliphatic heterocycles. The van der Waals surface area contributed by atoms with Gasteiger partial charge in [0.25, 0.3) is 11.8 Å². The molecule has 0 bridgehead atoms. The summed E-state index contributed by atoms with van der Waals surface area (Å²) < 4.78 is 24.9. The number of methoxy groups -OCH3 is 2. The summed E-state index contributed by atoms with van der Waals surface area (Å²) in [5.74, 6) is 0.495. The number of carbonyl (C=O) groups is 2. The Hall–Kier alpha value is -3.23. The molecule has 2 aromatic rings. The summed E-state index contributed by atoms with van der Waals surface area (Å²) in [6.45, 7) is 0.844. The van der Waals surface area contributed by atoms with E-state index in [1.807, 2.05) is 0 Å². The smallest absolute Gasteiger partial charge is 0.344 e. The lowest BCUT2D eigenvalue weighted by molar-refractivity contribution is -0.149. The van der Waals surface area contributed by atoms with Crippen LogP contribution in [0.4, 0.5) is 5.69 Å². The Morgan fingerprint density at radius 2 is 1.96 bits per heavy atom. The van der Waals surface area contributed by atoms with E-state index in [2.05, 4.69) is 10.5 Å². The lowest BCUT2D eigenvalue weighted by Gasteiger charge is -2.11. The molecular weight excluding hydrogens is 332 g/mol. The van der Waals surface area contributed by atoms with Gasteiger partial charge in [-0.1, -0.05) is 0 Å². The number of rotatable bonds is 8. The molecule has 0 aliphatic rings. The number of esters is 1. The molecule has 0 unspecified atom stereocenters. The first-order chi connectivity index (χ1) is 12.0. The third-order valence-corrected chi connectivity index (χ3v) is 2.99. The van der Waals surface area contributed by atoms with Crippen molar-refractivity contribution in [2.45, 2.75) is 6.92 Å². The van der Waals surface area contributed by atoms with Crippen LogP contribution in [0.25, 0.3) is 0 Å². The summed E-state index contributed by atoms with van der Waals surface area (Å²) >= 11 is 0. The monoisotopic (exact) mass is 350 g/mol. The molecule has 0 aliphatic carbocycles. The van der Waals surface area contributed by atoms with Gasteiger partial charge in [-0.2, -0.15) is 0 Å². The minimum absolute atomic E-state index is 0.168. The molecule has 0 saturated heterocycles. The van der Waals surface area contributed by atoms with Gasteiger partial charge in [0.15, 0.2) is 13.2 Å². The van der Waals surface area contributed by atoms with Gasteiger partial charge in [0, 0.05) is 12.1 Å². The van der Waals surface area contributed by atoms with Crippen molar-refractivity contribution in [3.8, 4) is 17.4 Å². The van der Waals surface area contributed by atoms with Gasteiger partial charge >= 0.3 is 5.97 Å². The quantitative estimate of drug-likeness (QED) is 0.715. The van der Waals surface area contributed by atoms with Crippen LogP contribution in [0.5, 0.6) is 17.4 Å². The van der Waals surface area contributed by atoms with Gasteiger partial charge in [0.2, 0.25) is 0 Å². The number of anilines is 1. The Kier molecular flexibility index (Phi) is 6.21. The van der Waals surface area contributed by atoms with Gasteiger partial charge in [0.1, 0.15) is 17.3 Å². The van der Waals surface area contributed by atoms with Gasteiger partial charge in [-0.15, -0.1) is 0 Å². The van der Waals surface area contributed by atoms with Gasteiger partial charge in [-0.05, 0) is 24.2 Å². The maximum Gasteiger partial charge on any atom is 0.344 e. The highest BCUT2D eigenvalue weighted by Crippen LogP contribution is 2.28. The van der Waals surface area contributed by atoms with Crippen molar-refractivity contribution in [3.05, 3.63) is 30.0 Å². The minimum atomic E-state index is -0.711. The molecule has 0 saturated carbocycles. The van der Waals surface area contributed by atoms with E-state index >= 15 is 0 Å². The number of nitrogens with one attached hydrogen (secondary N) is 1. The maximum absolute atomic E-state index is 11.9. The molecular formula is C16H18N2O7. The number of amides is 1. The van der Waals surface area contributed by atoms with Crippen LogP contribution in [0.2, 0.25) is 0 Å². The fraction of sp³-hybridized carbons (Fsp3) is 0.312. The molecule has 1 amide bonds. The summed E-state index contributed by atoms with van der Waals surface area (Å²) in [6, 6.07) is 6.43. The number of ether oxygens (including phenoxy) is 4. The Morgan fingerprint density at radius 1 is 1.16 bits per heavy atom. The maximum atomic E-state index is 11.9. The molecule has 0 fully saturated rings. The molecule has 0 spiro atoms. The third-order valence-electron chi connectivity index (χ3n) is 2.99. The zero-order valence-electron chi connectivity index (χ0n) is 14.0. The van der Waals surface area contributed by atoms with Crippen LogP contribution in [0.15, 0.2) is 28.8 Å². The molecule has 1 aromatic carbocycles. The van der Waals surface area contributed by atoms with Crippen LogP contribution in [0, 0.1) is 6.92 Å². The Balaban J connectivity index is 1.79. The first kappa shape index (κ1) is 18.1. The van der Waals surface area contributed by atoms with Gasteiger partial charge < -0.3 is 28.8 Å². The van der Waals surface area contributed by atoms with E-state index in [0.29, 0.717) is 22.9 Å². The Morgan fingerprint density at radius 3 is 2.60 bits per heavy atom. The number of hydrogen-bond donors (Lipinski definition) is 1. The van der Waals surface area contributed by atoms with Crippen molar-refractivity contribution >= 4 is 17.6 Å². The zero-order valence-corrected chi connectivity index (χ0v) is 14.0. The number of aromatic nitrogens is 1. The second-order valence-electron chi connectivity index (χ2n) is 4.84. The Labute approximate surface area is 143 Å². The second kappa shape index (κ2) is 8.57. The predicted molar refractivity (Wildman–Crippen MR) is 85.9 cm³/mol. The van der Waals surface area contributed by atoms with E-state index in [1.54, 1.807) is 25.1 Å². The molecule has 2 rings (SSSR count). The van der Waals surface area contributed by atoms with Crippen molar-refractivity contribution in [3.63, 3.8) is 0 Å². The standard InChI is InChI=1S/C16H18N2O7/c1-10-6-15(18-25-10)23-9-16(20)24-8-14(19)17-12-5-4-11(21-2)7-13(12)22-3/h4-7H,8-9H2,1-3H3,(H,17,19). The largest absolute Gasteiger partial charge is 0.497 e. The number of hydrogen-bond acceptors (Lipinski definition) is 8. The van der Waals surface area contributed by atoms with Gasteiger partial charge in [0.05, 0.1) is 19.9 Å². The second-order valence-corrected chi connectivity index (χ2v) is 4.84. The first-order valence-corrected chi connectivity index (χ1v) is 7.25. The molecule has 134 valence electrons. The molecule has 1 heterocycles. The molecule has 9 nitrogen and oxygen atoms in total. The number of nitrogens with zero attached hydrogens (tertiary/aromatic N) is 1. The van der Waals surface area contributed by atoms with Crippen LogP contribution >= 0.6 is 0 Å². The van der Waals surface area contributed by atoms with Crippen LogP contribution in [0.3, 0.4) is 0 Å². The van der Waals surface area contributed by atoms with Crippen LogP contribution in [-0.4, -0.2) is 44.5 Å². The number of benzene rings is 1. The van der Waals surface area contributed by atoms with Gasteiger partial charge in [-0.25, -0.2) is 4.79 Å². The van der Waals surface area contributed by atoms with Crippen LogP contribution in [-0.2, 0) is 14.3 Å². The fourth-order valence-electron chi connectivity index (χ4n) is 1.82. The number of carbonyl (C=O) groups excluding carboxylic acids is 2. The van der Waals surface area contributed by atoms with E-state index in [9.17, 15) is 9.59 Å². The van der Waals surface area contributed by atoms with Crippen molar-refractivity contribution in [2.75, 3.05) is 32.8 Å². The molecule has 1 N–H and O–H groups in total. The Bertz CT molecular complexity index is 742. The molecule has 25 heavy (non-hydrogen) atoms. The SMILES string of the molecule is COc1ccc(NC(=O)COC(=O)COc2cc(C)on2)c(OC)c1. The highest BCUT2D eigenvalue weighted by molar-refractivity contribution is 5.94. The summed E-state index contributed by atoms with van der Waals surface area (Å²) in [4.78, 5) is 23.4. The third kappa shape index (κ3) is 5.41. The number of aryl methyl sites for hydroxylation is 1. The lowest BCUT2D eigenvalue weighted by Crippen LogP contribution is -2.23. The highest BCUT2D eigenvalue weighted by Gasteiger charge is 2.12. The first-order valence-electron chi connectivity index (χ1n) is 7.25. The van der Waals surface area contributed by atoms with Crippen molar-refractivity contribution < 1.29 is 33.1 Å². The predicted octanol–water partition coefficient (Wildman–Crippen LogP) is 1.56. The summed E-state index contributed by atoms with van der Waals surface area (Å²) in [6.07, 6.45) is 0. The topological polar surface area (TPSA) is 109 Å². The van der Waals surface area contributed by atoms with E-state index < -0.39 is 18.5 Å². The summed E-state index contributed by atoms with van der Waals surface area (Å²) in [7, 11) is 2.99. The summed E-state index contributed by atoms with van der Waals surface area (Å²) in [5, 5.41) is 6.14. The van der Waals surface area contributed by atoms with Crippen molar-refractivity contribution in [1.29, 1.82) is 0 Å². The fourth-order valence-corrected chi connectivity index (χ4v) is 1.82. The van der Waals surface area contributed by atoms with E-state index in [-0.39, 0.29) is 12.5 Å². The van der Waals surface area contributed by atoms with E-state index in [0.717, 1.165) is 0 Å². The highest BCUT2D eigenvalue weighted by atomic mass is 16.6. The molecule has 0 atom stereocenters. The van der Waals surface area contributed by atoms with E-state index in [4.69, 9.17) is 23.5 Å². The summed E-state index contributed by atoms with van der Waals surface area (Å²) in [5.41, 5.74) is 0.429. The van der Waals surface area contributed by atoms with E-state index in [1.165, 1.54) is 20.3 Å². The molecule has 1 aromatic heterocycles. The van der Waals surface area contributed by atoms with Crippen LogP contribution < -0.4 is 19.5 Å². The molecule has 0 radical (unpaired) electrons. The normalized spacial score (nSPS) is 10.0.